The molecule has 0 aromatic rings. The van der Waals surface area contributed by atoms with E-state index in [1.807, 2.05) is 6.92 Å². The number of aliphatic hydroxyl groups is 1. The van der Waals surface area contributed by atoms with Crippen LogP contribution in [-0.2, 0) is 14.6 Å². The van der Waals surface area contributed by atoms with Crippen LogP contribution < -0.4 is 5.32 Å². The molecule has 0 radical (unpaired) electrons. The molecule has 7 heteroatoms. The predicted octanol–water partition coefficient (Wildman–Crippen LogP) is -1.25. The summed E-state index contributed by atoms with van der Waals surface area (Å²) in [6, 6.07) is -0.286. The Labute approximate surface area is 107 Å². The number of hydrogen-bond acceptors (Lipinski definition) is 5. The van der Waals surface area contributed by atoms with Gasteiger partial charge in [0.05, 0.1) is 30.2 Å². The molecular weight excluding hydrogens is 256 g/mol. The van der Waals surface area contributed by atoms with Crippen LogP contribution >= 0.6 is 0 Å². The van der Waals surface area contributed by atoms with E-state index in [9.17, 15) is 18.3 Å². The summed E-state index contributed by atoms with van der Waals surface area (Å²) in [5.74, 6) is 0.101. The van der Waals surface area contributed by atoms with Crippen molar-refractivity contribution in [2.24, 2.45) is 0 Å². The third-order valence-electron chi connectivity index (χ3n) is 3.70. The second-order valence-electron chi connectivity index (χ2n) is 5.30. The van der Waals surface area contributed by atoms with E-state index in [4.69, 9.17) is 0 Å². The molecule has 1 amide bonds. The van der Waals surface area contributed by atoms with Gasteiger partial charge in [0.2, 0.25) is 5.91 Å². The number of carbonyl (C=O) groups excluding carboxylic acids is 1. The van der Waals surface area contributed by atoms with Crippen molar-refractivity contribution < 1.29 is 18.3 Å². The van der Waals surface area contributed by atoms with E-state index in [0.29, 0.717) is 26.1 Å². The molecular formula is C11H20N2O4S. The Bertz CT molecular complexity index is 428. The van der Waals surface area contributed by atoms with Crippen molar-refractivity contribution >= 4 is 15.7 Å². The van der Waals surface area contributed by atoms with E-state index in [1.54, 1.807) is 4.90 Å². The number of carbonyl (C=O) groups is 1. The summed E-state index contributed by atoms with van der Waals surface area (Å²) in [6.45, 7) is 3.03. The topological polar surface area (TPSA) is 86.7 Å². The number of rotatable bonds is 3. The van der Waals surface area contributed by atoms with Gasteiger partial charge in [0.15, 0.2) is 9.84 Å². The molecule has 1 unspecified atom stereocenters. The first kappa shape index (κ1) is 13.8. The van der Waals surface area contributed by atoms with Crippen molar-refractivity contribution in [2.75, 3.05) is 31.1 Å². The smallest absolute Gasteiger partial charge is 0.224 e. The molecule has 18 heavy (non-hydrogen) atoms. The van der Waals surface area contributed by atoms with E-state index in [1.165, 1.54) is 0 Å². The Kier molecular flexibility index (Phi) is 3.66. The first-order valence-corrected chi connectivity index (χ1v) is 8.10. The van der Waals surface area contributed by atoms with Crippen molar-refractivity contribution in [1.29, 1.82) is 0 Å². The maximum atomic E-state index is 11.9. The van der Waals surface area contributed by atoms with Gasteiger partial charge in [-0.3, -0.25) is 4.79 Å². The lowest BCUT2D eigenvalue weighted by Gasteiger charge is -2.46. The Hall–Kier alpha value is -0.660. The Morgan fingerprint density at radius 1 is 1.50 bits per heavy atom. The minimum Gasteiger partial charge on any atom is -0.386 e. The van der Waals surface area contributed by atoms with Gasteiger partial charge >= 0.3 is 0 Å². The van der Waals surface area contributed by atoms with Gasteiger partial charge in [-0.25, -0.2) is 8.42 Å². The fourth-order valence-corrected chi connectivity index (χ4v) is 3.85. The molecule has 2 fully saturated rings. The molecule has 2 aliphatic heterocycles. The molecule has 2 saturated heterocycles. The maximum Gasteiger partial charge on any atom is 0.224 e. The third kappa shape index (κ3) is 3.02. The zero-order chi connectivity index (χ0) is 13.4. The first-order chi connectivity index (χ1) is 8.34. The number of hydrogen-bond donors (Lipinski definition) is 2. The number of likely N-dealkylation sites (tertiary alicyclic amines) is 1. The van der Waals surface area contributed by atoms with Gasteiger partial charge < -0.3 is 15.3 Å². The highest BCUT2D eigenvalue weighted by Gasteiger charge is 2.42. The van der Waals surface area contributed by atoms with Crippen LogP contribution in [0, 0.1) is 0 Å². The van der Waals surface area contributed by atoms with Gasteiger partial charge in [-0.2, -0.15) is 0 Å². The van der Waals surface area contributed by atoms with Crippen LogP contribution in [0.15, 0.2) is 0 Å². The molecule has 0 saturated carbocycles. The van der Waals surface area contributed by atoms with Crippen molar-refractivity contribution in [3.8, 4) is 0 Å². The van der Waals surface area contributed by atoms with Crippen molar-refractivity contribution in [3.63, 3.8) is 0 Å². The van der Waals surface area contributed by atoms with E-state index in [0.717, 1.165) is 0 Å². The van der Waals surface area contributed by atoms with E-state index in [-0.39, 0.29) is 29.9 Å². The van der Waals surface area contributed by atoms with Crippen molar-refractivity contribution in [2.45, 2.75) is 31.4 Å². The molecule has 2 heterocycles. The SMILES string of the molecule is CCC1(O)CN(C(=O)CC2CS(=O)(=O)CCN2)C1. The zero-order valence-corrected chi connectivity index (χ0v) is 11.4. The average Bonchev–Trinajstić information content (AvgIpc) is 2.23. The largest absolute Gasteiger partial charge is 0.386 e. The predicted molar refractivity (Wildman–Crippen MR) is 66.9 cm³/mol. The standard InChI is InChI=1S/C11H20N2O4S/c1-2-11(15)7-13(8-11)10(14)5-9-6-18(16,17)4-3-12-9/h9,12,15H,2-8H2,1H3. The lowest BCUT2D eigenvalue weighted by molar-refractivity contribution is -0.156. The molecule has 0 aliphatic carbocycles. The van der Waals surface area contributed by atoms with E-state index >= 15 is 0 Å². The molecule has 0 bridgehead atoms. The highest BCUT2D eigenvalue weighted by Crippen LogP contribution is 2.25. The summed E-state index contributed by atoms with van der Waals surface area (Å²) >= 11 is 0. The molecule has 0 aromatic carbocycles. The quantitative estimate of drug-likeness (QED) is 0.672. The normalized spacial score (nSPS) is 29.7. The van der Waals surface area contributed by atoms with Crippen LogP contribution in [0.5, 0.6) is 0 Å². The highest BCUT2D eigenvalue weighted by atomic mass is 32.2. The van der Waals surface area contributed by atoms with Crippen molar-refractivity contribution in [1.82, 2.24) is 10.2 Å². The summed E-state index contributed by atoms with van der Waals surface area (Å²) < 4.78 is 22.9. The lowest BCUT2D eigenvalue weighted by Crippen LogP contribution is -2.63. The fraction of sp³-hybridized carbons (Fsp3) is 0.909. The molecule has 2 rings (SSSR count). The fourth-order valence-electron chi connectivity index (χ4n) is 2.40. The monoisotopic (exact) mass is 276 g/mol. The van der Waals surface area contributed by atoms with Gasteiger partial charge in [0, 0.05) is 19.0 Å². The number of nitrogens with zero attached hydrogens (tertiary/aromatic N) is 1. The molecule has 104 valence electrons. The molecule has 2 aliphatic rings. The summed E-state index contributed by atoms with van der Waals surface area (Å²) in [5, 5.41) is 12.9. The van der Waals surface area contributed by atoms with Crippen LogP contribution in [0.3, 0.4) is 0 Å². The minimum atomic E-state index is -3.00. The summed E-state index contributed by atoms with van der Waals surface area (Å²) in [4.78, 5) is 13.5. The number of nitrogens with one attached hydrogen (secondary N) is 1. The van der Waals surface area contributed by atoms with Gasteiger partial charge in [-0.15, -0.1) is 0 Å². The summed E-state index contributed by atoms with van der Waals surface area (Å²) in [7, 11) is -3.00. The Morgan fingerprint density at radius 2 is 2.17 bits per heavy atom. The number of amides is 1. The molecule has 2 N–H and O–H groups in total. The summed E-state index contributed by atoms with van der Waals surface area (Å²) in [5.41, 5.74) is -0.734. The van der Waals surface area contributed by atoms with Crippen LogP contribution in [0.2, 0.25) is 0 Å². The minimum absolute atomic E-state index is 0.0324. The van der Waals surface area contributed by atoms with Crippen LogP contribution in [0.1, 0.15) is 19.8 Å². The number of β-amino-alcohol motifs (C(OH)–C–C–N with tert-alkyl or cyclic N) is 1. The molecule has 6 nitrogen and oxygen atoms in total. The van der Waals surface area contributed by atoms with Gasteiger partial charge in [-0.05, 0) is 6.42 Å². The number of sulfone groups is 1. The van der Waals surface area contributed by atoms with Gasteiger partial charge in [0.25, 0.3) is 0 Å². The molecule has 1 atom stereocenters. The van der Waals surface area contributed by atoms with E-state index < -0.39 is 15.4 Å². The average molecular weight is 276 g/mol. The lowest BCUT2D eigenvalue weighted by atomic mass is 9.91. The Morgan fingerprint density at radius 3 is 2.72 bits per heavy atom. The van der Waals surface area contributed by atoms with Crippen molar-refractivity contribution in [3.05, 3.63) is 0 Å². The first-order valence-electron chi connectivity index (χ1n) is 6.27. The van der Waals surface area contributed by atoms with Crippen LogP contribution in [0.4, 0.5) is 0 Å². The Balaban J connectivity index is 1.82. The van der Waals surface area contributed by atoms with Crippen LogP contribution in [0.25, 0.3) is 0 Å². The third-order valence-corrected chi connectivity index (χ3v) is 5.44. The second-order valence-corrected chi connectivity index (χ2v) is 7.53. The second kappa shape index (κ2) is 4.79. The maximum absolute atomic E-state index is 11.9. The molecule has 0 aromatic heterocycles. The van der Waals surface area contributed by atoms with Crippen LogP contribution in [-0.4, -0.2) is 67.1 Å². The van der Waals surface area contributed by atoms with Gasteiger partial charge in [-0.1, -0.05) is 6.92 Å². The summed E-state index contributed by atoms with van der Waals surface area (Å²) in [6.07, 6.45) is 0.825. The molecule has 0 spiro atoms. The zero-order valence-electron chi connectivity index (χ0n) is 10.6. The van der Waals surface area contributed by atoms with Gasteiger partial charge in [0.1, 0.15) is 0 Å². The van der Waals surface area contributed by atoms with E-state index in [2.05, 4.69) is 5.32 Å². The highest BCUT2D eigenvalue weighted by molar-refractivity contribution is 7.91.